The molecular formula is C34H59N4O10P. The van der Waals surface area contributed by atoms with Crippen molar-refractivity contribution in [1.29, 1.82) is 0 Å². The summed E-state index contributed by atoms with van der Waals surface area (Å²) >= 11 is 0. The second-order valence-electron chi connectivity index (χ2n) is 13.1. The molecule has 1 aromatic rings. The van der Waals surface area contributed by atoms with Crippen molar-refractivity contribution in [3.05, 3.63) is 34.2 Å². The minimum atomic E-state index is -4.07. The molecule has 2 aliphatic heterocycles. The zero-order chi connectivity index (χ0) is 35.4. The van der Waals surface area contributed by atoms with Gasteiger partial charge in [-0.2, -0.15) is 4.98 Å². The molecule has 0 radical (unpaired) electrons. The lowest BCUT2D eigenvalue weighted by Crippen LogP contribution is -2.34. The first kappa shape index (κ1) is 41.5. The molecule has 3 heterocycles. The normalized spacial score (nSPS) is 22.5. The Balaban J connectivity index is 1.33. The predicted octanol–water partition coefficient (Wildman–Crippen LogP) is 7.43. The molecule has 2 unspecified atom stereocenters. The monoisotopic (exact) mass is 714 g/mol. The number of hydrogen-bond acceptors (Lipinski definition) is 12. The van der Waals surface area contributed by atoms with E-state index in [-0.39, 0.29) is 32.2 Å². The van der Waals surface area contributed by atoms with Crippen molar-refractivity contribution in [3.63, 3.8) is 0 Å². The van der Waals surface area contributed by atoms with Crippen LogP contribution in [0.4, 0.5) is 5.82 Å². The van der Waals surface area contributed by atoms with E-state index in [1.807, 2.05) is 5.48 Å². The minimum absolute atomic E-state index is 0.00847. The molecular weight excluding hydrogens is 655 g/mol. The van der Waals surface area contributed by atoms with E-state index >= 15 is 0 Å². The Bertz CT molecular complexity index is 1210. The number of fused-ring (bicyclic) bond motifs is 1. The van der Waals surface area contributed by atoms with Gasteiger partial charge in [0.2, 0.25) is 6.54 Å². The number of phosphoric acid groups is 1. The SMILES string of the molecule is [C-]#[N+]CCOP(=O)(OCCCOCCCCCCCCCCCCCCCC)OC[C@H]1O[C@@H](n2ccc(NO)nc2=O)C2OC(C)(C)O[C@H]21. The third kappa shape index (κ3) is 15.1. The van der Waals surface area contributed by atoms with Crippen molar-refractivity contribution in [2.75, 3.05) is 45.1 Å². The summed E-state index contributed by atoms with van der Waals surface area (Å²) in [6.45, 7) is 13.6. The van der Waals surface area contributed by atoms with Crippen molar-refractivity contribution >= 4 is 13.6 Å². The maximum atomic E-state index is 13.5. The standard InChI is InChI=1S/C34H59N4O10P/c1-5-6-7-8-9-10-11-12-13-14-15-16-17-18-23-42-24-19-25-43-49(41,44-26-21-35-4)45-27-28-30-31(48-34(2,3)47-30)32(46-28)38-22-20-29(37-40)36-33(38)39/h20,22,28,30-32,40H,5-19,21,23-27H2,1-3H3,(H,36,37,39)/t28-,30+,31?,32-,49?/m1/s1. The van der Waals surface area contributed by atoms with Gasteiger partial charge < -0.3 is 23.8 Å². The molecule has 2 aliphatic rings. The first-order valence-corrected chi connectivity index (χ1v) is 19.6. The van der Waals surface area contributed by atoms with E-state index in [9.17, 15) is 9.36 Å². The molecule has 280 valence electrons. The number of unbranched alkanes of at least 4 members (excludes halogenated alkanes) is 13. The predicted molar refractivity (Wildman–Crippen MR) is 184 cm³/mol. The molecule has 0 aliphatic carbocycles. The van der Waals surface area contributed by atoms with E-state index in [1.165, 1.54) is 93.9 Å². The van der Waals surface area contributed by atoms with Crippen LogP contribution in [-0.2, 0) is 37.1 Å². The topological polar surface area (TPSA) is 153 Å². The fraction of sp³-hybridized carbons (Fsp3) is 0.853. The molecule has 5 atom stereocenters. The van der Waals surface area contributed by atoms with Gasteiger partial charge in [0.15, 0.2) is 17.8 Å². The fourth-order valence-corrected chi connectivity index (χ4v) is 7.21. The Hall–Kier alpha value is -1.92. The fourth-order valence-electron chi connectivity index (χ4n) is 6.00. The summed E-state index contributed by atoms with van der Waals surface area (Å²) in [6.07, 6.45) is 17.1. The van der Waals surface area contributed by atoms with Crippen molar-refractivity contribution in [3.8, 4) is 0 Å². The minimum Gasteiger partial charge on any atom is -0.381 e. The first-order valence-electron chi connectivity index (χ1n) is 18.2. The number of nitrogens with one attached hydrogen (secondary N) is 1. The zero-order valence-corrected chi connectivity index (χ0v) is 30.6. The van der Waals surface area contributed by atoms with Crippen LogP contribution in [0.25, 0.3) is 4.85 Å². The van der Waals surface area contributed by atoms with Gasteiger partial charge in [-0.1, -0.05) is 90.4 Å². The zero-order valence-electron chi connectivity index (χ0n) is 29.7. The van der Waals surface area contributed by atoms with Gasteiger partial charge in [0, 0.05) is 19.4 Å². The molecule has 1 aromatic heterocycles. The third-order valence-corrected chi connectivity index (χ3v) is 9.98. The van der Waals surface area contributed by atoms with Gasteiger partial charge in [0.1, 0.15) is 24.9 Å². The van der Waals surface area contributed by atoms with Gasteiger partial charge in [0.05, 0.1) is 13.2 Å². The van der Waals surface area contributed by atoms with E-state index in [0.717, 1.165) is 12.8 Å². The molecule has 0 aromatic carbocycles. The number of phosphoric ester groups is 1. The number of aromatic nitrogens is 2. The molecule has 14 nitrogen and oxygen atoms in total. The van der Waals surface area contributed by atoms with E-state index in [2.05, 4.69) is 16.8 Å². The lowest BCUT2D eigenvalue weighted by molar-refractivity contribution is -0.200. The Labute approximate surface area is 291 Å². The van der Waals surface area contributed by atoms with E-state index in [4.69, 9.17) is 44.3 Å². The summed E-state index contributed by atoms with van der Waals surface area (Å²) in [5, 5.41) is 9.08. The van der Waals surface area contributed by atoms with Crippen molar-refractivity contribution in [2.45, 2.75) is 147 Å². The second-order valence-corrected chi connectivity index (χ2v) is 14.8. The highest BCUT2D eigenvalue weighted by Crippen LogP contribution is 2.51. The van der Waals surface area contributed by atoms with Gasteiger partial charge in [-0.15, -0.1) is 0 Å². The maximum Gasteiger partial charge on any atom is 0.475 e. The highest BCUT2D eigenvalue weighted by Gasteiger charge is 2.56. The molecule has 0 amide bonds. The summed E-state index contributed by atoms with van der Waals surface area (Å²) in [5.74, 6) is -0.993. The molecule has 0 saturated carbocycles. The van der Waals surface area contributed by atoms with Crippen LogP contribution in [0, 0.1) is 6.57 Å². The van der Waals surface area contributed by atoms with Gasteiger partial charge in [-0.3, -0.25) is 28.8 Å². The summed E-state index contributed by atoms with van der Waals surface area (Å²) in [7, 11) is -4.07. The lowest BCUT2D eigenvalue weighted by Gasteiger charge is -2.25. The quantitative estimate of drug-likeness (QED) is 0.0384. The van der Waals surface area contributed by atoms with Crippen LogP contribution in [-0.4, -0.2) is 78.4 Å². The average molecular weight is 715 g/mol. The van der Waals surface area contributed by atoms with E-state index < -0.39 is 43.8 Å². The second kappa shape index (κ2) is 22.8. The molecule has 15 heteroatoms. The summed E-state index contributed by atoms with van der Waals surface area (Å²) in [6, 6.07) is 1.40. The van der Waals surface area contributed by atoms with Crippen molar-refractivity contribution < 1.29 is 42.3 Å². The Morgan fingerprint density at radius 1 is 0.898 bits per heavy atom. The molecule has 3 rings (SSSR count). The Kier molecular flexibility index (Phi) is 19.3. The highest BCUT2D eigenvalue weighted by molar-refractivity contribution is 7.48. The van der Waals surface area contributed by atoms with Crippen LogP contribution >= 0.6 is 7.82 Å². The van der Waals surface area contributed by atoms with Crippen LogP contribution in [0.3, 0.4) is 0 Å². The summed E-state index contributed by atoms with van der Waals surface area (Å²) in [4.78, 5) is 19.6. The van der Waals surface area contributed by atoms with E-state index in [1.54, 1.807) is 13.8 Å². The van der Waals surface area contributed by atoms with Crippen LogP contribution < -0.4 is 11.2 Å². The largest absolute Gasteiger partial charge is 0.475 e. The summed E-state index contributed by atoms with van der Waals surface area (Å²) in [5.41, 5.74) is 1.16. The number of ether oxygens (including phenoxy) is 4. The lowest BCUT2D eigenvalue weighted by atomic mass is 10.0. The Morgan fingerprint density at radius 2 is 1.49 bits per heavy atom. The van der Waals surface area contributed by atoms with Gasteiger partial charge >= 0.3 is 13.5 Å². The van der Waals surface area contributed by atoms with Crippen molar-refractivity contribution in [2.24, 2.45) is 0 Å². The van der Waals surface area contributed by atoms with Gasteiger partial charge in [-0.05, 0) is 32.8 Å². The maximum absolute atomic E-state index is 13.5. The number of anilines is 1. The van der Waals surface area contributed by atoms with Gasteiger partial charge in [-0.25, -0.2) is 15.9 Å². The first-order chi connectivity index (χ1) is 23.7. The number of rotatable bonds is 28. The smallest absolute Gasteiger partial charge is 0.381 e. The molecule has 49 heavy (non-hydrogen) atoms. The third-order valence-electron chi connectivity index (χ3n) is 8.52. The van der Waals surface area contributed by atoms with Crippen LogP contribution in [0.2, 0.25) is 0 Å². The molecule has 2 saturated heterocycles. The molecule has 2 N–H and O–H groups in total. The number of hydrogen-bond donors (Lipinski definition) is 2. The molecule has 0 bridgehead atoms. The average Bonchev–Trinajstić information content (AvgIpc) is 3.57. The Morgan fingerprint density at radius 3 is 2.10 bits per heavy atom. The van der Waals surface area contributed by atoms with E-state index in [0.29, 0.717) is 19.6 Å². The molecule has 0 spiro atoms. The van der Waals surface area contributed by atoms with Gasteiger partial charge in [0.25, 0.3) is 0 Å². The highest BCUT2D eigenvalue weighted by atomic mass is 31.2. The molecule has 2 fully saturated rings. The number of nitrogens with zero attached hydrogens (tertiary/aromatic N) is 3. The van der Waals surface area contributed by atoms with Crippen molar-refractivity contribution in [1.82, 2.24) is 9.55 Å². The van der Waals surface area contributed by atoms with Crippen LogP contribution in [0.15, 0.2) is 17.1 Å². The van der Waals surface area contributed by atoms with Crippen LogP contribution in [0.5, 0.6) is 0 Å². The summed E-state index contributed by atoms with van der Waals surface area (Å²) < 4.78 is 55.3. The van der Waals surface area contributed by atoms with Crippen LogP contribution in [0.1, 0.15) is 123 Å².